The summed E-state index contributed by atoms with van der Waals surface area (Å²) in [6.45, 7) is 1.53. The summed E-state index contributed by atoms with van der Waals surface area (Å²) in [5.41, 5.74) is 4.28. The topological polar surface area (TPSA) is 92.4 Å². The summed E-state index contributed by atoms with van der Waals surface area (Å²) in [4.78, 5) is 22.0. The third-order valence-corrected chi connectivity index (χ3v) is 2.39. The lowest BCUT2D eigenvalue weighted by molar-refractivity contribution is -0.151. The lowest BCUT2D eigenvalue weighted by atomic mass is 9.76. The molecule has 0 aromatic rings. The second-order valence-corrected chi connectivity index (χ2v) is 3.52. The van der Waals surface area contributed by atoms with Crippen molar-refractivity contribution < 1.29 is 14.7 Å². The molecule has 0 heterocycles. The summed E-state index contributed by atoms with van der Waals surface area (Å²) in [6.07, 6.45) is 1.84. The molecule has 1 atom stereocenters. The summed E-state index contributed by atoms with van der Waals surface area (Å²) >= 11 is 0. The minimum absolute atomic E-state index is 0.401. The van der Waals surface area contributed by atoms with Gasteiger partial charge in [-0.15, -0.1) is 0 Å². The molecule has 1 fully saturated rings. The molecule has 1 amide bonds. The Bertz CT molecular complexity index is 234. The van der Waals surface area contributed by atoms with Gasteiger partial charge in [-0.25, -0.2) is 4.79 Å². The number of hydrogen-bond donors (Lipinski definition) is 3. The molecular weight excluding hydrogens is 172 g/mol. The van der Waals surface area contributed by atoms with Crippen LogP contribution < -0.4 is 11.1 Å². The van der Waals surface area contributed by atoms with Crippen LogP contribution in [0.4, 0.5) is 0 Å². The standard InChI is InChI=1S/C8H14N2O3/c1-5(9)6(11)10-8(7(12)13)3-2-4-8/h5H,2-4,9H2,1H3,(H,10,11)(H,12,13). The van der Waals surface area contributed by atoms with E-state index in [4.69, 9.17) is 10.8 Å². The van der Waals surface area contributed by atoms with Gasteiger partial charge in [-0.05, 0) is 26.2 Å². The smallest absolute Gasteiger partial charge is 0.329 e. The third-order valence-electron chi connectivity index (χ3n) is 2.39. The molecule has 0 bridgehead atoms. The van der Waals surface area contributed by atoms with Crippen LogP contribution in [0.1, 0.15) is 26.2 Å². The van der Waals surface area contributed by atoms with Crippen LogP contribution in [-0.4, -0.2) is 28.6 Å². The van der Waals surface area contributed by atoms with E-state index in [0.717, 1.165) is 6.42 Å². The average molecular weight is 186 g/mol. The number of carbonyl (C=O) groups is 2. The van der Waals surface area contributed by atoms with Crippen molar-refractivity contribution in [2.45, 2.75) is 37.8 Å². The van der Waals surface area contributed by atoms with Crippen LogP contribution in [0, 0.1) is 0 Å². The zero-order valence-electron chi connectivity index (χ0n) is 7.54. The fourth-order valence-electron chi connectivity index (χ4n) is 1.27. The molecule has 0 radical (unpaired) electrons. The molecule has 5 heteroatoms. The number of carboxylic acid groups (broad SMARTS) is 1. The van der Waals surface area contributed by atoms with Crippen LogP contribution in [0.25, 0.3) is 0 Å². The molecule has 1 unspecified atom stereocenters. The van der Waals surface area contributed by atoms with Gasteiger partial charge in [0.25, 0.3) is 0 Å². The van der Waals surface area contributed by atoms with E-state index in [1.165, 1.54) is 6.92 Å². The van der Waals surface area contributed by atoms with Crippen molar-refractivity contribution in [1.29, 1.82) is 0 Å². The SMILES string of the molecule is CC(N)C(=O)NC1(C(=O)O)CCC1. The Hall–Kier alpha value is -1.10. The molecule has 13 heavy (non-hydrogen) atoms. The predicted molar refractivity (Wildman–Crippen MR) is 46.0 cm³/mol. The Labute approximate surface area is 76.3 Å². The highest BCUT2D eigenvalue weighted by molar-refractivity contribution is 5.89. The fourth-order valence-corrected chi connectivity index (χ4v) is 1.27. The number of nitrogens with two attached hydrogens (primary N) is 1. The van der Waals surface area contributed by atoms with E-state index in [-0.39, 0.29) is 0 Å². The first kappa shape index (κ1) is 9.98. The molecule has 1 aliphatic carbocycles. The highest BCUT2D eigenvalue weighted by atomic mass is 16.4. The summed E-state index contributed by atoms with van der Waals surface area (Å²) in [5, 5.41) is 11.3. The minimum Gasteiger partial charge on any atom is -0.480 e. The number of hydrogen-bond acceptors (Lipinski definition) is 3. The minimum atomic E-state index is -1.04. The van der Waals surface area contributed by atoms with Crippen LogP contribution >= 0.6 is 0 Å². The summed E-state index contributed by atoms with van der Waals surface area (Å²) in [7, 11) is 0. The van der Waals surface area contributed by atoms with Gasteiger partial charge < -0.3 is 16.2 Å². The van der Waals surface area contributed by atoms with Crippen LogP contribution in [-0.2, 0) is 9.59 Å². The van der Waals surface area contributed by atoms with E-state index in [1.54, 1.807) is 0 Å². The van der Waals surface area contributed by atoms with Gasteiger partial charge in [0.05, 0.1) is 6.04 Å². The van der Waals surface area contributed by atoms with Gasteiger partial charge in [-0.2, -0.15) is 0 Å². The molecule has 0 aromatic carbocycles. The number of aliphatic carboxylic acids is 1. The second kappa shape index (κ2) is 3.33. The van der Waals surface area contributed by atoms with Crippen molar-refractivity contribution in [3.63, 3.8) is 0 Å². The normalized spacial score (nSPS) is 21.4. The lowest BCUT2D eigenvalue weighted by Crippen LogP contribution is -2.61. The molecule has 0 saturated heterocycles. The molecular formula is C8H14N2O3. The lowest BCUT2D eigenvalue weighted by Gasteiger charge is -2.38. The van der Waals surface area contributed by atoms with E-state index in [9.17, 15) is 9.59 Å². The van der Waals surface area contributed by atoms with Gasteiger partial charge in [0.2, 0.25) is 5.91 Å². The first-order valence-corrected chi connectivity index (χ1v) is 4.29. The number of nitrogens with one attached hydrogen (secondary N) is 1. The van der Waals surface area contributed by atoms with Gasteiger partial charge in [0, 0.05) is 0 Å². The van der Waals surface area contributed by atoms with E-state index >= 15 is 0 Å². The van der Waals surface area contributed by atoms with Crippen molar-refractivity contribution >= 4 is 11.9 Å². The molecule has 1 rings (SSSR count). The Kier molecular flexibility index (Phi) is 2.56. The van der Waals surface area contributed by atoms with Crippen LogP contribution in [0.5, 0.6) is 0 Å². The summed E-state index contributed by atoms with van der Waals surface area (Å²) in [6, 6.07) is -0.656. The highest BCUT2D eigenvalue weighted by Gasteiger charge is 2.45. The molecule has 5 nitrogen and oxygen atoms in total. The van der Waals surface area contributed by atoms with Crippen molar-refractivity contribution in [3.8, 4) is 0 Å². The second-order valence-electron chi connectivity index (χ2n) is 3.52. The predicted octanol–water partition coefficient (Wildman–Crippen LogP) is -0.543. The van der Waals surface area contributed by atoms with Gasteiger partial charge >= 0.3 is 5.97 Å². The van der Waals surface area contributed by atoms with Crippen molar-refractivity contribution in [2.75, 3.05) is 0 Å². The van der Waals surface area contributed by atoms with Crippen molar-refractivity contribution in [2.24, 2.45) is 5.73 Å². The van der Waals surface area contributed by atoms with E-state index in [1.807, 2.05) is 0 Å². The van der Waals surface area contributed by atoms with Crippen LogP contribution in [0.15, 0.2) is 0 Å². The number of rotatable bonds is 3. The third kappa shape index (κ3) is 1.80. The number of amides is 1. The zero-order chi connectivity index (χ0) is 10.1. The van der Waals surface area contributed by atoms with Crippen molar-refractivity contribution in [1.82, 2.24) is 5.32 Å². The van der Waals surface area contributed by atoms with Crippen LogP contribution in [0.3, 0.4) is 0 Å². The largest absolute Gasteiger partial charge is 0.480 e. The highest BCUT2D eigenvalue weighted by Crippen LogP contribution is 2.31. The summed E-state index contributed by atoms with van der Waals surface area (Å²) in [5.74, 6) is -1.37. The molecule has 4 N–H and O–H groups in total. The Balaban J connectivity index is 2.59. The monoisotopic (exact) mass is 186 g/mol. The quantitative estimate of drug-likeness (QED) is 0.551. The van der Waals surface area contributed by atoms with Gasteiger partial charge in [-0.3, -0.25) is 4.79 Å². The molecule has 1 aliphatic rings. The van der Waals surface area contributed by atoms with Crippen molar-refractivity contribution in [3.05, 3.63) is 0 Å². The molecule has 74 valence electrons. The van der Waals surface area contributed by atoms with E-state index in [0.29, 0.717) is 12.8 Å². The van der Waals surface area contributed by atoms with E-state index < -0.39 is 23.5 Å². The van der Waals surface area contributed by atoms with E-state index in [2.05, 4.69) is 5.32 Å². The first-order chi connectivity index (χ1) is 5.98. The first-order valence-electron chi connectivity index (χ1n) is 4.29. The Morgan fingerprint density at radius 1 is 1.54 bits per heavy atom. The van der Waals surface area contributed by atoms with Gasteiger partial charge in [0.1, 0.15) is 5.54 Å². The maximum Gasteiger partial charge on any atom is 0.329 e. The molecule has 0 aromatic heterocycles. The fraction of sp³-hybridized carbons (Fsp3) is 0.750. The maximum absolute atomic E-state index is 11.2. The zero-order valence-corrected chi connectivity index (χ0v) is 7.54. The average Bonchev–Trinajstić information content (AvgIpc) is 1.95. The Morgan fingerprint density at radius 3 is 2.31 bits per heavy atom. The van der Waals surface area contributed by atoms with Gasteiger partial charge in [-0.1, -0.05) is 0 Å². The summed E-state index contributed by atoms with van der Waals surface area (Å²) < 4.78 is 0. The Morgan fingerprint density at radius 2 is 2.08 bits per heavy atom. The number of carbonyl (C=O) groups excluding carboxylic acids is 1. The molecule has 1 saturated carbocycles. The molecule has 0 aliphatic heterocycles. The maximum atomic E-state index is 11.2. The molecule has 0 spiro atoms. The van der Waals surface area contributed by atoms with Crippen LogP contribution in [0.2, 0.25) is 0 Å². The number of carboxylic acids is 1. The van der Waals surface area contributed by atoms with Gasteiger partial charge in [0.15, 0.2) is 0 Å².